The Morgan fingerprint density at radius 2 is 1.50 bits per heavy atom. The van der Waals surface area contributed by atoms with Crippen molar-refractivity contribution in [3.63, 3.8) is 0 Å². The molecule has 0 saturated carbocycles. The van der Waals surface area contributed by atoms with E-state index >= 15 is 0 Å². The van der Waals surface area contributed by atoms with E-state index in [1.807, 2.05) is 0 Å². The van der Waals surface area contributed by atoms with Gasteiger partial charge in [0, 0.05) is 0 Å². The second-order valence-electron chi connectivity index (χ2n) is 3.12. The molecule has 2 unspecified atom stereocenters. The van der Waals surface area contributed by atoms with Gasteiger partial charge in [-0.1, -0.05) is 13.3 Å². The van der Waals surface area contributed by atoms with Gasteiger partial charge in [-0.3, -0.25) is 0 Å². The van der Waals surface area contributed by atoms with Gasteiger partial charge in [0.1, 0.15) is 5.83 Å². The zero-order chi connectivity index (χ0) is 10.9. The van der Waals surface area contributed by atoms with Crippen molar-refractivity contribution in [3.8, 4) is 0 Å². The fraction of sp³-hybridized carbons (Fsp3) is 0.556. The van der Waals surface area contributed by atoms with Gasteiger partial charge >= 0.3 is 0 Å². The first-order chi connectivity index (χ1) is 6.50. The van der Waals surface area contributed by atoms with E-state index in [2.05, 4.69) is 0 Å². The van der Waals surface area contributed by atoms with Crippen molar-refractivity contribution < 1.29 is 22.0 Å². The Labute approximate surface area is 78.1 Å². The molecule has 0 nitrogen and oxygen atoms in total. The molecule has 0 radical (unpaired) electrons. The van der Waals surface area contributed by atoms with Crippen molar-refractivity contribution in [1.82, 2.24) is 0 Å². The smallest absolute Gasteiger partial charge is 0.195 e. The second-order valence-corrected chi connectivity index (χ2v) is 3.12. The van der Waals surface area contributed by atoms with E-state index in [4.69, 9.17) is 0 Å². The van der Waals surface area contributed by atoms with Crippen molar-refractivity contribution in [2.75, 3.05) is 0 Å². The first-order valence-corrected chi connectivity index (χ1v) is 4.25. The fourth-order valence-electron chi connectivity index (χ4n) is 1.38. The number of hydrogen-bond donors (Lipinski definition) is 0. The summed E-state index contributed by atoms with van der Waals surface area (Å²) >= 11 is 0. The van der Waals surface area contributed by atoms with Crippen molar-refractivity contribution in [3.05, 3.63) is 23.3 Å². The maximum atomic E-state index is 13.0. The Kier molecular flexibility index (Phi) is 3.29. The average Bonchev–Trinajstić information content (AvgIpc) is 2.19. The summed E-state index contributed by atoms with van der Waals surface area (Å²) in [6.07, 6.45) is -2.10. The minimum absolute atomic E-state index is 0.0544. The third kappa shape index (κ3) is 1.67. The van der Waals surface area contributed by atoms with Gasteiger partial charge in [-0.2, -0.15) is 0 Å². The largest absolute Gasteiger partial charge is 0.239 e. The minimum atomic E-state index is -2.41. The molecule has 1 aliphatic carbocycles. The molecule has 14 heavy (non-hydrogen) atoms. The predicted molar refractivity (Wildman–Crippen MR) is 41.8 cm³/mol. The van der Waals surface area contributed by atoms with E-state index in [0.29, 0.717) is 6.42 Å². The molecule has 0 heterocycles. The van der Waals surface area contributed by atoms with Gasteiger partial charge in [-0.25, -0.2) is 22.0 Å². The SMILES string of the molecule is CCCC1C(F)=C(F)C(F)=C(F)C1F. The van der Waals surface area contributed by atoms with Crippen LogP contribution in [0.2, 0.25) is 0 Å². The van der Waals surface area contributed by atoms with Crippen LogP contribution in [0.25, 0.3) is 0 Å². The first-order valence-electron chi connectivity index (χ1n) is 4.25. The molecular formula is C9H9F5. The van der Waals surface area contributed by atoms with Crippen LogP contribution in [0.4, 0.5) is 22.0 Å². The van der Waals surface area contributed by atoms with E-state index in [1.54, 1.807) is 6.92 Å². The van der Waals surface area contributed by atoms with Gasteiger partial charge in [-0.15, -0.1) is 0 Å². The quantitative estimate of drug-likeness (QED) is 0.605. The molecule has 1 aliphatic rings. The molecule has 0 bridgehead atoms. The summed E-state index contributed by atoms with van der Waals surface area (Å²) in [5.74, 6) is -8.86. The lowest BCUT2D eigenvalue weighted by molar-refractivity contribution is 0.196. The molecule has 0 aromatic heterocycles. The molecule has 80 valence electrons. The van der Waals surface area contributed by atoms with Crippen molar-refractivity contribution in [1.29, 1.82) is 0 Å². The number of hydrogen-bond acceptors (Lipinski definition) is 0. The molecule has 0 aliphatic heterocycles. The number of rotatable bonds is 2. The molecule has 0 aromatic rings. The van der Waals surface area contributed by atoms with Gasteiger partial charge in [-0.05, 0) is 6.42 Å². The second kappa shape index (κ2) is 4.11. The van der Waals surface area contributed by atoms with E-state index in [1.165, 1.54) is 0 Å². The predicted octanol–water partition coefficient (Wildman–Crippen LogP) is 4.06. The van der Waals surface area contributed by atoms with E-state index in [-0.39, 0.29) is 6.42 Å². The van der Waals surface area contributed by atoms with Crippen LogP contribution in [0.15, 0.2) is 23.3 Å². The lowest BCUT2D eigenvalue weighted by Gasteiger charge is -2.22. The summed E-state index contributed by atoms with van der Waals surface area (Å²) in [5, 5.41) is 0. The molecule has 0 spiro atoms. The highest BCUT2D eigenvalue weighted by Gasteiger charge is 2.39. The third-order valence-corrected chi connectivity index (χ3v) is 2.13. The van der Waals surface area contributed by atoms with Crippen LogP contribution in [0.1, 0.15) is 19.8 Å². The van der Waals surface area contributed by atoms with Crippen LogP contribution >= 0.6 is 0 Å². The molecule has 0 N–H and O–H groups in total. The van der Waals surface area contributed by atoms with Crippen LogP contribution in [0.5, 0.6) is 0 Å². The molecule has 0 fully saturated rings. The monoisotopic (exact) mass is 212 g/mol. The first kappa shape index (κ1) is 11.2. The normalized spacial score (nSPS) is 28.7. The highest BCUT2D eigenvalue weighted by atomic mass is 19.2. The highest BCUT2D eigenvalue weighted by molar-refractivity contribution is 5.33. The lowest BCUT2D eigenvalue weighted by Crippen LogP contribution is -2.22. The zero-order valence-corrected chi connectivity index (χ0v) is 7.46. The topological polar surface area (TPSA) is 0 Å². The molecule has 5 heteroatoms. The maximum absolute atomic E-state index is 13.0. The number of alkyl halides is 1. The number of halogens is 5. The van der Waals surface area contributed by atoms with E-state index in [0.717, 1.165) is 0 Å². The van der Waals surface area contributed by atoms with Gasteiger partial charge < -0.3 is 0 Å². The van der Waals surface area contributed by atoms with Crippen molar-refractivity contribution >= 4 is 0 Å². The Morgan fingerprint density at radius 1 is 1.00 bits per heavy atom. The Hall–Kier alpha value is -0.870. The van der Waals surface area contributed by atoms with Crippen LogP contribution in [-0.2, 0) is 0 Å². The van der Waals surface area contributed by atoms with Gasteiger partial charge in [0.25, 0.3) is 0 Å². The maximum Gasteiger partial charge on any atom is 0.195 e. The van der Waals surface area contributed by atoms with Crippen LogP contribution < -0.4 is 0 Å². The van der Waals surface area contributed by atoms with Gasteiger partial charge in [0.05, 0.1) is 5.92 Å². The van der Waals surface area contributed by atoms with E-state index < -0.39 is 35.4 Å². The summed E-state index contributed by atoms with van der Waals surface area (Å²) < 4.78 is 63.7. The average molecular weight is 212 g/mol. The summed E-state index contributed by atoms with van der Waals surface area (Å²) in [6, 6.07) is 0. The third-order valence-electron chi connectivity index (χ3n) is 2.13. The fourth-order valence-corrected chi connectivity index (χ4v) is 1.38. The van der Waals surface area contributed by atoms with Crippen LogP contribution in [0.3, 0.4) is 0 Å². The zero-order valence-electron chi connectivity index (χ0n) is 7.46. The van der Waals surface area contributed by atoms with Gasteiger partial charge in [0.2, 0.25) is 0 Å². The lowest BCUT2D eigenvalue weighted by atomic mass is 9.91. The molecule has 1 rings (SSSR count). The molecule has 0 saturated heterocycles. The highest BCUT2D eigenvalue weighted by Crippen LogP contribution is 2.41. The summed E-state index contributed by atoms with van der Waals surface area (Å²) in [6.45, 7) is 1.62. The Balaban J connectivity index is 3.05. The van der Waals surface area contributed by atoms with Gasteiger partial charge in [0.15, 0.2) is 23.7 Å². The van der Waals surface area contributed by atoms with Crippen LogP contribution in [-0.4, -0.2) is 6.17 Å². The number of allylic oxidation sites excluding steroid dienone is 4. The summed E-state index contributed by atoms with van der Waals surface area (Å²) in [7, 11) is 0. The minimum Gasteiger partial charge on any atom is -0.239 e. The van der Waals surface area contributed by atoms with Crippen molar-refractivity contribution in [2.24, 2.45) is 5.92 Å². The standard InChI is InChI=1S/C9H9F5/c1-2-3-4-5(10)7(12)9(14)8(13)6(4)11/h4-5H,2-3H2,1H3. The molecular weight excluding hydrogens is 203 g/mol. The molecule has 0 aromatic carbocycles. The molecule has 0 amide bonds. The Morgan fingerprint density at radius 3 is 2.00 bits per heavy atom. The van der Waals surface area contributed by atoms with E-state index in [9.17, 15) is 22.0 Å². The van der Waals surface area contributed by atoms with Crippen LogP contribution in [0, 0.1) is 5.92 Å². The molecule has 2 atom stereocenters. The Bertz CT molecular complexity index is 292. The van der Waals surface area contributed by atoms with Crippen molar-refractivity contribution in [2.45, 2.75) is 25.9 Å². The summed E-state index contributed by atoms with van der Waals surface area (Å²) in [5.41, 5.74) is 0. The summed E-state index contributed by atoms with van der Waals surface area (Å²) in [4.78, 5) is 0.